The average Bonchev–Trinajstić information content (AvgIpc) is 3.26. The molecule has 5 heterocycles. The Morgan fingerprint density at radius 1 is 1.06 bits per heavy atom. The number of anilines is 3. The molecule has 0 aromatic carbocycles. The number of carbonyl (C=O) groups excluding carboxylic acids is 2. The Bertz CT molecular complexity index is 1070. The van der Waals surface area contributed by atoms with Gasteiger partial charge in [0.25, 0.3) is 5.91 Å². The largest absolute Gasteiger partial charge is 0.447 e. The summed E-state index contributed by atoms with van der Waals surface area (Å²) in [5.41, 5.74) is 8.21. The standard InChI is InChI=1S/C22H26N6O3/c1-12-7-13(2)27(12)20-8-15-16(17(9-23)24-20)10-26(21(15)29)18-5-4-6-19(25-18)28-14(3)11-31-22(28)30/h4-6,8,12-14H,7,9-11,23H2,1-3H3/t12-,13-,14+/m1/s1. The third-order valence-corrected chi connectivity index (χ3v) is 6.41. The molecule has 31 heavy (non-hydrogen) atoms. The number of ether oxygens (including phenoxy) is 1. The van der Waals surface area contributed by atoms with E-state index in [1.807, 2.05) is 13.0 Å². The van der Waals surface area contributed by atoms with E-state index in [1.165, 1.54) is 4.90 Å². The first-order chi connectivity index (χ1) is 14.9. The number of pyridine rings is 2. The van der Waals surface area contributed by atoms with Crippen molar-refractivity contribution in [2.45, 2.75) is 58.4 Å². The minimum absolute atomic E-state index is 0.113. The lowest BCUT2D eigenvalue weighted by Crippen LogP contribution is -2.53. The average molecular weight is 422 g/mol. The molecule has 2 aromatic rings. The highest BCUT2D eigenvalue weighted by Crippen LogP contribution is 2.36. The summed E-state index contributed by atoms with van der Waals surface area (Å²) in [6.07, 6.45) is 0.676. The molecule has 0 spiro atoms. The molecule has 0 bridgehead atoms. The van der Waals surface area contributed by atoms with E-state index in [2.05, 4.69) is 23.7 Å². The number of hydrogen-bond donors (Lipinski definition) is 1. The van der Waals surface area contributed by atoms with Crippen molar-refractivity contribution >= 4 is 29.5 Å². The van der Waals surface area contributed by atoms with Gasteiger partial charge >= 0.3 is 6.09 Å². The predicted octanol–water partition coefficient (Wildman–Crippen LogP) is 2.43. The third kappa shape index (κ3) is 3.03. The Kier molecular flexibility index (Phi) is 4.58. The number of rotatable bonds is 4. The first-order valence-electron chi connectivity index (χ1n) is 10.6. The van der Waals surface area contributed by atoms with E-state index in [9.17, 15) is 9.59 Å². The first-order valence-corrected chi connectivity index (χ1v) is 10.6. The fourth-order valence-electron chi connectivity index (χ4n) is 4.84. The number of nitrogens with two attached hydrogens (primary N) is 1. The van der Waals surface area contributed by atoms with Crippen LogP contribution in [0.2, 0.25) is 0 Å². The number of nitrogens with zero attached hydrogens (tertiary/aromatic N) is 5. The molecule has 2 fully saturated rings. The molecule has 2 aromatic heterocycles. The zero-order chi connectivity index (χ0) is 21.9. The van der Waals surface area contributed by atoms with E-state index in [-0.39, 0.29) is 18.5 Å². The highest BCUT2D eigenvalue weighted by molar-refractivity contribution is 6.10. The summed E-state index contributed by atoms with van der Waals surface area (Å²) in [6, 6.07) is 7.86. The Morgan fingerprint density at radius 2 is 1.81 bits per heavy atom. The number of hydrogen-bond acceptors (Lipinski definition) is 7. The lowest BCUT2D eigenvalue weighted by Gasteiger charge is -2.46. The second kappa shape index (κ2) is 7.19. The normalized spacial score (nSPS) is 25.0. The third-order valence-electron chi connectivity index (χ3n) is 6.41. The van der Waals surface area contributed by atoms with Crippen LogP contribution in [0.1, 0.15) is 48.8 Å². The predicted molar refractivity (Wildman–Crippen MR) is 116 cm³/mol. The van der Waals surface area contributed by atoms with Gasteiger partial charge in [-0.2, -0.15) is 0 Å². The Hall–Kier alpha value is -3.20. The Labute approximate surface area is 180 Å². The summed E-state index contributed by atoms with van der Waals surface area (Å²) in [5.74, 6) is 1.63. The van der Waals surface area contributed by atoms with Gasteiger partial charge in [0.05, 0.1) is 23.8 Å². The molecule has 2 N–H and O–H groups in total. The van der Waals surface area contributed by atoms with Crippen LogP contribution in [0.15, 0.2) is 24.3 Å². The fourth-order valence-corrected chi connectivity index (χ4v) is 4.84. The van der Waals surface area contributed by atoms with E-state index in [4.69, 9.17) is 15.5 Å². The van der Waals surface area contributed by atoms with Crippen LogP contribution >= 0.6 is 0 Å². The van der Waals surface area contributed by atoms with E-state index in [0.29, 0.717) is 42.4 Å². The summed E-state index contributed by atoms with van der Waals surface area (Å²) in [5, 5.41) is 0. The number of aromatic nitrogens is 2. The van der Waals surface area contributed by atoms with E-state index in [1.54, 1.807) is 23.1 Å². The number of fused-ring (bicyclic) bond motifs is 1. The molecule has 9 nitrogen and oxygen atoms in total. The van der Waals surface area contributed by atoms with Crippen molar-refractivity contribution in [2.24, 2.45) is 5.73 Å². The second-order valence-corrected chi connectivity index (χ2v) is 8.54. The van der Waals surface area contributed by atoms with Gasteiger partial charge in [-0.1, -0.05) is 6.07 Å². The van der Waals surface area contributed by atoms with Gasteiger partial charge in [-0.05, 0) is 45.4 Å². The summed E-state index contributed by atoms with van der Waals surface area (Å²) in [6.45, 7) is 7.15. The summed E-state index contributed by atoms with van der Waals surface area (Å²) >= 11 is 0. The smallest absolute Gasteiger partial charge is 0.415 e. The van der Waals surface area contributed by atoms with Crippen molar-refractivity contribution in [1.82, 2.24) is 9.97 Å². The quantitative estimate of drug-likeness (QED) is 0.807. The van der Waals surface area contributed by atoms with E-state index in [0.717, 1.165) is 23.5 Å². The minimum Gasteiger partial charge on any atom is -0.447 e. The molecule has 5 rings (SSSR count). The number of amides is 2. The molecule has 9 heteroatoms. The van der Waals surface area contributed by atoms with Gasteiger partial charge in [0.1, 0.15) is 24.1 Å². The molecule has 2 saturated heterocycles. The molecule has 3 aliphatic heterocycles. The van der Waals surface area contributed by atoms with Crippen molar-refractivity contribution in [2.75, 3.05) is 21.3 Å². The van der Waals surface area contributed by atoms with Gasteiger partial charge < -0.3 is 15.4 Å². The molecule has 3 aliphatic rings. The highest BCUT2D eigenvalue weighted by Gasteiger charge is 2.38. The van der Waals surface area contributed by atoms with Gasteiger partial charge in [-0.3, -0.25) is 14.6 Å². The maximum absolute atomic E-state index is 13.4. The van der Waals surface area contributed by atoms with Crippen LogP contribution < -0.4 is 20.4 Å². The highest BCUT2D eigenvalue weighted by atomic mass is 16.6. The maximum Gasteiger partial charge on any atom is 0.415 e. The van der Waals surface area contributed by atoms with Crippen molar-refractivity contribution in [1.29, 1.82) is 0 Å². The van der Waals surface area contributed by atoms with E-state index >= 15 is 0 Å². The first kappa shape index (κ1) is 19.7. The summed E-state index contributed by atoms with van der Waals surface area (Å²) in [7, 11) is 0. The van der Waals surface area contributed by atoms with Crippen LogP contribution in [0.5, 0.6) is 0 Å². The van der Waals surface area contributed by atoms with Crippen LogP contribution in [0, 0.1) is 0 Å². The fraction of sp³-hybridized carbons (Fsp3) is 0.455. The molecule has 2 amide bonds. The molecule has 0 aliphatic carbocycles. The Balaban J connectivity index is 1.49. The molecule has 0 saturated carbocycles. The van der Waals surface area contributed by atoms with Crippen molar-refractivity contribution in [3.05, 3.63) is 41.1 Å². The second-order valence-electron chi connectivity index (χ2n) is 8.54. The van der Waals surface area contributed by atoms with Gasteiger partial charge in [0.15, 0.2) is 0 Å². The minimum atomic E-state index is -0.426. The topological polar surface area (TPSA) is 105 Å². The van der Waals surface area contributed by atoms with Crippen LogP contribution in [0.25, 0.3) is 0 Å². The molecule has 0 radical (unpaired) electrons. The molecule has 3 atom stereocenters. The van der Waals surface area contributed by atoms with Crippen molar-refractivity contribution in [3.8, 4) is 0 Å². The number of cyclic esters (lactones) is 1. The van der Waals surface area contributed by atoms with E-state index < -0.39 is 6.09 Å². The lowest BCUT2D eigenvalue weighted by atomic mass is 9.95. The monoisotopic (exact) mass is 422 g/mol. The van der Waals surface area contributed by atoms with Crippen LogP contribution in [-0.2, 0) is 17.8 Å². The molecular formula is C22H26N6O3. The van der Waals surface area contributed by atoms with Crippen LogP contribution in [0.4, 0.5) is 22.2 Å². The summed E-state index contributed by atoms with van der Waals surface area (Å²) < 4.78 is 5.11. The molecule has 162 valence electrons. The summed E-state index contributed by atoms with van der Waals surface area (Å²) in [4.78, 5) is 40.2. The van der Waals surface area contributed by atoms with Crippen LogP contribution in [0.3, 0.4) is 0 Å². The maximum atomic E-state index is 13.4. The van der Waals surface area contributed by atoms with Crippen molar-refractivity contribution in [3.63, 3.8) is 0 Å². The zero-order valence-corrected chi connectivity index (χ0v) is 17.9. The van der Waals surface area contributed by atoms with Crippen LogP contribution in [-0.4, -0.2) is 46.7 Å². The van der Waals surface area contributed by atoms with Gasteiger partial charge in [0.2, 0.25) is 0 Å². The molecule has 0 unspecified atom stereocenters. The SMILES string of the molecule is C[C@@H]1C[C@@H](C)N1c1cc2c(c(CN)n1)CN(c1cccc(N3C(=O)OC[C@@H]3C)n1)C2=O. The van der Waals surface area contributed by atoms with Gasteiger partial charge in [-0.15, -0.1) is 0 Å². The zero-order valence-electron chi connectivity index (χ0n) is 17.9. The van der Waals surface area contributed by atoms with Crippen molar-refractivity contribution < 1.29 is 14.3 Å². The lowest BCUT2D eigenvalue weighted by molar-refractivity contribution is 0.0996. The van der Waals surface area contributed by atoms with Gasteiger partial charge in [-0.25, -0.2) is 14.8 Å². The molecular weight excluding hydrogens is 396 g/mol. The van der Waals surface area contributed by atoms with Gasteiger partial charge in [0, 0.05) is 24.2 Å². The Morgan fingerprint density at radius 3 is 2.45 bits per heavy atom. The number of carbonyl (C=O) groups is 2.